The largest absolute Gasteiger partial charge is 0.530 e. The lowest BCUT2D eigenvalue weighted by Crippen LogP contribution is -2.13. The van der Waals surface area contributed by atoms with Crippen molar-refractivity contribution in [2.45, 2.75) is 0 Å². The van der Waals surface area contributed by atoms with Gasteiger partial charge in [0.1, 0.15) is 0 Å². The van der Waals surface area contributed by atoms with Crippen LogP contribution in [0.25, 0.3) is 0 Å². The molecular formula is C3H8NO3P. The topological polar surface area (TPSA) is 47.6 Å². The van der Waals surface area contributed by atoms with Crippen LogP contribution in [0.1, 0.15) is 0 Å². The van der Waals surface area contributed by atoms with Crippen molar-refractivity contribution < 1.29 is 14.2 Å². The minimum atomic E-state index is -0.687. The average Bonchev–Trinajstić information content (AvgIpc) is 1.68. The Labute approximate surface area is 49.4 Å². The highest BCUT2D eigenvalue weighted by Crippen LogP contribution is 2.04. The van der Waals surface area contributed by atoms with E-state index in [2.05, 4.69) is 14.8 Å². The number of carbonyl (C=O) groups is 1. The highest BCUT2D eigenvalue weighted by atomic mass is 31.1. The molecule has 0 fully saturated rings. The fourth-order valence-corrected chi connectivity index (χ4v) is 0.396. The van der Waals surface area contributed by atoms with Crippen molar-refractivity contribution >= 4 is 15.0 Å². The van der Waals surface area contributed by atoms with Crippen molar-refractivity contribution in [1.29, 1.82) is 0 Å². The van der Waals surface area contributed by atoms with E-state index in [-0.39, 0.29) is 8.81 Å². The summed E-state index contributed by atoms with van der Waals surface area (Å²) < 4.78 is 4.39. The molecule has 0 saturated carbocycles. The molecule has 0 aliphatic heterocycles. The normalized spacial score (nSPS) is 9.75. The molecule has 1 unspecified atom stereocenters. The van der Waals surface area contributed by atoms with E-state index >= 15 is 0 Å². The molecule has 0 spiro atoms. The van der Waals surface area contributed by atoms with E-state index in [1.807, 2.05) is 0 Å². The second-order valence-electron chi connectivity index (χ2n) is 0.862. The molecule has 0 bridgehead atoms. The Morgan fingerprint density at radius 3 is 2.75 bits per heavy atom. The van der Waals surface area contributed by atoms with E-state index in [9.17, 15) is 4.79 Å². The van der Waals surface area contributed by atoms with Gasteiger partial charge in [-0.05, 0) is 6.66 Å². The van der Waals surface area contributed by atoms with Crippen molar-refractivity contribution in [3.05, 3.63) is 0 Å². The van der Waals surface area contributed by atoms with E-state index < -0.39 is 6.16 Å². The average molecular weight is 137 g/mol. The maximum absolute atomic E-state index is 10.1. The minimum Gasteiger partial charge on any atom is -0.416 e. The summed E-state index contributed by atoms with van der Waals surface area (Å²) in [6.45, 7) is 1.73. The lowest BCUT2D eigenvalue weighted by Gasteiger charge is -1.98. The van der Waals surface area contributed by atoms with Crippen LogP contribution in [0.2, 0.25) is 0 Å². The fraction of sp³-hybridized carbons (Fsp3) is 0.667. The van der Waals surface area contributed by atoms with Gasteiger partial charge in [-0.1, -0.05) is 0 Å². The second-order valence-corrected chi connectivity index (χ2v) is 1.47. The molecule has 5 heteroatoms. The summed E-state index contributed by atoms with van der Waals surface area (Å²) in [6, 6.07) is 0. The molecular weight excluding hydrogens is 129 g/mol. The third kappa shape index (κ3) is 3.84. The standard InChI is InChI=1S/C3H8NO3P/c1-4-6-3(5)7-8-2/h4,8H,1-2H3. The van der Waals surface area contributed by atoms with Gasteiger partial charge in [-0.2, -0.15) is 5.48 Å². The predicted molar refractivity (Wildman–Crippen MR) is 30.9 cm³/mol. The van der Waals surface area contributed by atoms with E-state index in [4.69, 9.17) is 0 Å². The van der Waals surface area contributed by atoms with E-state index in [0.717, 1.165) is 0 Å². The van der Waals surface area contributed by atoms with Gasteiger partial charge in [0.2, 0.25) is 0 Å². The van der Waals surface area contributed by atoms with Gasteiger partial charge in [-0.25, -0.2) is 4.79 Å². The van der Waals surface area contributed by atoms with E-state index in [1.54, 1.807) is 6.66 Å². The van der Waals surface area contributed by atoms with Crippen molar-refractivity contribution in [2.24, 2.45) is 0 Å². The summed E-state index contributed by atoms with van der Waals surface area (Å²) in [6.07, 6.45) is -0.687. The van der Waals surface area contributed by atoms with Gasteiger partial charge >= 0.3 is 6.16 Å². The van der Waals surface area contributed by atoms with Crippen molar-refractivity contribution in [2.75, 3.05) is 13.7 Å². The maximum Gasteiger partial charge on any atom is 0.530 e. The Morgan fingerprint density at radius 1 is 1.75 bits per heavy atom. The second kappa shape index (κ2) is 4.81. The Bertz CT molecular complexity index is 68.9. The van der Waals surface area contributed by atoms with Crippen molar-refractivity contribution in [1.82, 2.24) is 5.48 Å². The summed E-state index contributed by atoms with van der Waals surface area (Å²) in [5.74, 6) is 0. The first kappa shape index (κ1) is 7.66. The van der Waals surface area contributed by atoms with E-state index in [1.165, 1.54) is 7.05 Å². The zero-order valence-electron chi connectivity index (χ0n) is 4.72. The molecule has 4 nitrogen and oxygen atoms in total. The first-order valence-corrected chi connectivity index (χ1v) is 3.43. The van der Waals surface area contributed by atoms with Gasteiger partial charge in [0.25, 0.3) is 0 Å². The number of hydroxylamine groups is 1. The summed E-state index contributed by atoms with van der Waals surface area (Å²) in [7, 11) is 1.62. The van der Waals surface area contributed by atoms with E-state index in [0.29, 0.717) is 0 Å². The number of rotatable bonds is 2. The molecule has 0 aliphatic rings. The van der Waals surface area contributed by atoms with Crippen LogP contribution in [-0.2, 0) is 9.36 Å². The SMILES string of the molecule is CNOC(=O)OPC. The Hall–Kier alpha value is -0.340. The molecule has 0 heterocycles. The van der Waals surface area contributed by atoms with Crippen LogP contribution in [0.5, 0.6) is 0 Å². The van der Waals surface area contributed by atoms with Gasteiger partial charge in [-0.3, -0.25) is 0 Å². The summed E-state index contributed by atoms with van der Waals surface area (Å²) in [5.41, 5.74) is 2.18. The summed E-state index contributed by atoms with van der Waals surface area (Å²) >= 11 is 0. The van der Waals surface area contributed by atoms with Crippen LogP contribution in [0.15, 0.2) is 0 Å². The van der Waals surface area contributed by atoms with Gasteiger partial charge in [0, 0.05) is 7.05 Å². The van der Waals surface area contributed by atoms with Crippen molar-refractivity contribution in [3.63, 3.8) is 0 Å². The Morgan fingerprint density at radius 2 is 2.38 bits per heavy atom. The lowest BCUT2D eigenvalue weighted by atomic mass is 11.4. The summed E-state index contributed by atoms with van der Waals surface area (Å²) in [5, 5.41) is 0. The van der Waals surface area contributed by atoms with Crippen LogP contribution < -0.4 is 5.48 Å². The lowest BCUT2D eigenvalue weighted by molar-refractivity contribution is 0.0657. The minimum absolute atomic E-state index is 0.133. The summed E-state index contributed by atoms with van der Waals surface area (Å²) in [4.78, 5) is 14.3. The molecule has 0 saturated heterocycles. The monoisotopic (exact) mass is 137 g/mol. The number of nitrogens with one attached hydrogen (secondary N) is 1. The van der Waals surface area contributed by atoms with Crippen molar-refractivity contribution in [3.8, 4) is 0 Å². The smallest absolute Gasteiger partial charge is 0.416 e. The molecule has 0 aliphatic carbocycles. The van der Waals surface area contributed by atoms with Gasteiger partial charge in [0.05, 0.1) is 8.81 Å². The number of carbonyl (C=O) groups excluding carboxylic acids is 1. The third-order valence-electron chi connectivity index (χ3n) is 0.371. The third-order valence-corrected chi connectivity index (χ3v) is 0.742. The first-order valence-electron chi connectivity index (χ1n) is 2.02. The highest BCUT2D eigenvalue weighted by molar-refractivity contribution is 7.31. The molecule has 0 rings (SSSR count). The molecule has 0 aromatic rings. The van der Waals surface area contributed by atoms with Crippen LogP contribution >= 0.6 is 8.81 Å². The quantitative estimate of drug-likeness (QED) is 0.444. The zero-order chi connectivity index (χ0) is 6.41. The Balaban J connectivity index is 3.06. The molecule has 1 atom stereocenters. The van der Waals surface area contributed by atoms with Crippen LogP contribution in [0.3, 0.4) is 0 Å². The zero-order valence-corrected chi connectivity index (χ0v) is 5.72. The maximum atomic E-state index is 10.1. The van der Waals surface area contributed by atoms with Crippen LogP contribution in [0.4, 0.5) is 4.79 Å². The molecule has 48 valence electrons. The number of hydrogen-bond acceptors (Lipinski definition) is 4. The van der Waals surface area contributed by atoms with Gasteiger partial charge < -0.3 is 9.36 Å². The van der Waals surface area contributed by atoms with Crippen LogP contribution in [-0.4, -0.2) is 19.9 Å². The van der Waals surface area contributed by atoms with Gasteiger partial charge in [0.15, 0.2) is 0 Å². The van der Waals surface area contributed by atoms with Crippen LogP contribution in [0, 0.1) is 0 Å². The molecule has 0 amide bonds. The predicted octanol–water partition coefficient (Wildman–Crippen LogP) is 0.497. The van der Waals surface area contributed by atoms with Gasteiger partial charge in [-0.15, -0.1) is 0 Å². The molecule has 0 radical (unpaired) electrons. The highest BCUT2D eigenvalue weighted by Gasteiger charge is 1.97. The molecule has 0 aromatic carbocycles. The molecule has 0 aromatic heterocycles. The molecule has 8 heavy (non-hydrogen) atoms. The number of hydrogen-bond donors (Lipinski definition) is 1. The molecule has 1 N–H and O–H groups in total. The fourth-order valence-electron chi connectivity index (χ4n) is 0.188. The first-order chi connectivity index (χ1) is 3.81. The Kier molecular flexibility index (Phi) is 4.61.